The van der Waals surface area contributed by atoms with Crippen LogP contribution in [0.5, 0.6) is 5.88 Å². The summed E-state index contributed by atoms with van der Waals surface area (Å²) >= 11 is 3.28. The monoisotopic (exact) mass is 217 g/mol. The second-order valence-corrected chi connectivity index (χ2v) is 3.05. The van der Waals surface area contributed by atoms with E-state index >= 15 is 0 Å². The maximum absolute atomic E-state index is 10.5. The Morgan fingerprint density at radius 2 is 2.36 bits per heavy atom. The molecule has 0 bridgehead atoms. The molecule has 60 valence electrons. The number of aromatic nitrogens is 1. The van der Waals surface area contributed by atoms with E-state index in [0.717, 1.165) is 10.2 Å². The van der Waals surface area contributed by atoms with Crippen molar-refractivity contribution in [1.29, 1.82) is 0 Å². The molecule has 1 aromatic rings. The number of nitrogens with one attached hydrogen (secondary N) is 1. The second kappa shape index (κ2) is 3.09. The maximum atomic E-state index is 10.5. The summed E-state index contributed by atoms with van der Waals surface area (Å²) in [5.41, 5.74) is 0.946. The van der Waals surface area contributed by atoms with Gasteiger partial charge in [0.1, 0.15) is 0 Å². The summed E-state index contributed by atoms with van der Waals surface area (Å²) in [7, 11) is 0. The number of aryl methyl sites for hydroxylation is 1. The third-order valence-corrected chi connectivity index (χ3v) is 2.00. The van der Waals surface area contributed by atoms with E-state index < -0.39 is 0 Å². The largest absolute Gasteiger partial charge is 0.410 e. The molecule has 3 nitrogen and oxygen atoms in total. The smallest absolute Gasteiger partial charge is 0.309 e. The number of hydrogen-bond donors (Lipinski definition) is 1. The molecule has 11 heavy (non-hydrogen) atoms. The minimum atomic E-state index is -0.321. The van der Waals surface area contributed by atoms with Gasteiger partial charge in [-0.05, 0) is 22.9 Å². The van der Waals surface area contributed by atoms with Crippen LogP contribution in [0, 0.1) is 6.92 Å². The van der Waals surface area contributed by atoms with Gasteiger partial charge in [0.25, 0.3) is 0 Å². The number of halogens is 1. The lowest BCUT2D eigenvalue weighted by molar-refractivity contribution is -0.132. The topological polar surface area (TPSA) is 42.1 Å². The number of carbonyl (C=O) groups is 1. The molecule has 1 rings (SSSR count). The summed E-state index contributed by atoms with van der Waals surface area (Å²) in [5.74, 6) is 0.153. The average Bonchev–Trinajstić information content (AvgIpc) is 2.10. The van der Waals surface area contributed by atoms with E-state index in [-0.39, 0.29) is 5.97 Å². The summed E-state index contributed by atoms with van der Waals surface area (Å²) in [6.45, 7) is 3.25. The Labute approximate surface area is 72.9 Å². The molecule has 1 N–H and O–H groups in total. The molecule has 0 aliphatic heterocycles. The normalized spacial score (nSPS) is 9.73. The number of esters is 1. The van der Waals surface area contributed by atoms with Crippen molar-refractivity contribution in [2.24, 2.45) is 0 Å². The van der Waals surface area contributed by atoms with Crippen LogP contribution in [-0.2, 0) is 4.79 Å². The predicted molar refractivity (Wildman–Crippen MR) is 44.5 cm³/mol. The van der Waals surface area contributed by atoms with E-state index in [1.54, 1.807) is 6.07 Å². The number of carbonyl (C=O) groups excluding carboxylic acids is 1. The van der Waals surface area contributed by atoms with E-state index in [2.05, 4.69) is 20.9 Å². The number of aromatic amines is 1. The zero-order valence-electron chi connectivity index (χ0n) is 6.27. The molecule has 4 heteroatoms. The summed E-state index contributed by atoms with van der Waals surface area (Å²) in [6.07, 6.45) is 0. The minimum absolute atomic E-state index is 0.321. The third kappa shape index (κ3) is 2.08. The van der Waals surface area contributed by atoms with Gasteiger partial charge in [0.15, 0.2) is 0 Å². The molecule has 0 unspecified atom stereocenters. The highest BCUT2D eigenvalue weighted by atomic mass is 79.9. The molecule has 0 saturated carbocycles. The van der Waals surface area contributed by atoms with Crippen molar-refractivity contribution >= 4 is 21.9 Å². The van der Waals surface area contributed by atoms with Crippen LogP contribution in [0.1, 0.15) is 12.6 Å². The Morgan fingerprint density at radius 3 is 2.73 bits per heavy atom. The lowest BCUT2D eigenvalue weighted by Crippen LogP contribution is -2.01. The number of hydrogen-bond acceptors (Lipinski definition) is 2. The van der Waals surface area contributed by atoms with E-state index in [9.17, 15) is 4.79 Å². The van der Waals surface area contributed by atoms with Gasteiger partial charge in [-0.2, -0.15) is 0 Å². The van der Waals surface area contributed by atoms with E-state index in [1.165, 1.54) is 6.92 Å². The van der Waals surface area contributed by atoms with Gasteiger partial charge in [-0.15, -0.1) is 0 Å². The fourth-order valence-corrected chi connectivity index (χ4v) is 1.02. The highest BCUT2D eigenvalue weighted by Crippen LogP contribution is 2.21. The van der Waals surface area contributed by atoms with Crippen LogP contribution in [0.2, 0.25) is 0 Å². The zero-order valence-corrected chi connectivity index (χ0v) is 7.86. The Balaban J connectivity index is 2.81. The van der Waals surface area contributed by atoms with Crippen LogP contribution in [0.25, 0.3) is 0 Å². The Bertz CT molecular complexity index is 260. The standard InChI is InChI=1S/C7H8BrNO2/c1-4-6(8)3-7(9-4)11-5(2)10/h3,9H,1-2H3. The molecule has 0 aliphatic carbocycles. The highest BCUT2D eigenvalue weighted by Gasteiger charge is 2.03. The molecule has 0 radical (unpaired) electrons. The molecule has 0 spiro atoms. The van der Waals surface area contributed by atoms with Crippen LogP contribution in [0.15, 0.2) is 10.5 Å². The SMILES string of the molecule is CC(=O)Oc1cc(Br)c(C)[nH]1. The van der Waals surface area contributed by atoms with Crippen molar-refractivity contribution in [2.75, 3.05) is 0 Å². The van der Waals surface area contributed by atoms with Crippen molar-refractivity contribution in [3.8, 4) is 5.88 Å². The van der Waals surface area contributed by atoms with E-state index in [0.29, 0.717) is 5.88 Å². The van der Waals surface area contributed by atoms with Crippen molar-refractivity contribution < 1.29 is 9.53 Å². The number of rotatable bonds is 1. The molecular weight excluding hydrogens is 210 g/mol. The average molecular weight is 218 g/mol. The van der Waals surface area contributed by atoms with Gasteiger partial charge >= 0.3 is 5.97 Å². The van der Waals surface area contributed by atoms with Gasteiger partial charge in [-0.25, -0.2) is 0 Å². The Kier molecular flexibility index (Phi) is 2.34. The van der Waals surface area contributed by atoms with Gasteiger partial charge in [-0.3, -0.25) is 4.79 Å². The first kappa shape index (κ1) is 8.33. The molecule has 0 saturated heterocycles. The lowest BCUT2D eigenvalue weighted by Gasteiger charge is -1.93. The quantitative estimate of drug-likeness (QED) is 0.732. The third-order valence-electron chi connectivity index (χ3n) is 1.18. The molecule has 0 aromatic carbocycles. The molecule has 1 aromatic heterocycles. The van der Waals surface area contributed by atoms with Crippen LogP contribution in [0.4, 0.5) is 0 Å². The molecule has 0 amide bonds. The van der Waals surface area contributed by atoms with Crippen LogP contribution in [0.3, 0.4) is 0 Å². The fourth-order valence-electron chi connectivity index (χ4n) is 0.714. The lowest BCUT2D eigenvalue weighted by atomic mass is 10.5. The van der Waals surface area contributed by atoms with Gasteiger partial charge in [0.05, 0.1) is 0 Å². The molecule has 1 heterocycles. The van der Waals surface area contributed by atoms with Crippen LogP contribution < -0.4 is 4.74 Å². The summed E-state index contributed by atoms with van der Waals surface area (Å²) in [5, 5.41) is 0. The van der Waals surface area contributed by atoms with Crippen molar-refractivity contribution in [3.63, 3.8) is 0 Å². The molecule has 0 aliphatic rings. The first-order chi connectivity index (χ1) is 5.09. The highest BCUT2D eigenvalue weighted by molar-refractivity contribution is 9.10. The van der Waals surface area contributed by atoms with Gasteiger partial charge in [0, 0.05) is 23.2 Å². The molecule has 0 atom stereocenters. The van der Waals surface area contributed by atoms with E-state index in [4.69, 9.17) is 4.74 Å². The maximum Gasteiger partial charge on any atom is 0.309 e. The summed E-state index contributed by atoms with van der Waals surface area (Å²) in [6, 6.07) is 1.72. The van der Waals surface area contributed by atoms with Gasteiger partial charge in [-0.1, -0.05) is 0 Å². The van der Waals surface area contributed by atoms with Crippen LogP contribution >= 0.6 is 15.9 Å². The number of ether oxygens (including phenoxy) is 1. The van der Waals surface area contributed by atoms with Gasteiger partial charge < -0.3 is 9.72 Å². The van der Waals surface area contributed by atoms with Crippen LogP contribution in [-0.4, -0.2) is 11.0 Å². The zero-order chi connectivity index (χ0) is 8.43. The van der Waals surface area contributed by atoms with Crippen molar-refractivity contribution in [1.82, 2.24) is 4.98 Å². The molecular formula is C7H8BrNO2. The van der Waals surface area contributed by atoms with Gasteiger partial charge in [0.2, 0.25) is 5.88 Å². The van der Waals surface area contributed by atoms with Crippen molar-refractivity contribution in [2.45, 2.75) is 13.8 Å². The Morgan fingerprint density at radius 1 is 1.73 bits per heavy atom. The second-order valence-electron chi connectivity index (χ2n) is 2.20. The molecule has 0 fully saturated rings. The minimum Gasteiger partial charge on any atom is -0.410 e. The van der Waals surface area contributed by atoms with E-state index in [1.807, 2.05) is 6.92 Å². The summed E-state index contributed by atoms with van der Waals surface area (Å²) < 4.78 is 5.70. The predicted octanol–water partition coefficient (Wildman–Crippen LogP) is 2.01. The Hall–Kier alpha value is -0.770. The van der Waals surface area contributed by atoms with Crippen molar-refractivity contribution in [3.05, 3.63) is 16.2 Å². The number of H-pyrrole nitrogens is 1. The first-order valence-corrected chi connectivity index (χ1v) is 3.92. The first-order valence-electron chi connectivity index (χ1n) is 3.13. The summed E-state index contributed by atoms with van der Waals surface area (Å²) in [4.78, 5) is 13.4. The fraction of sp³-hybridized carbons (Fsp3) is 0.286.